The van der Waals surface area contributed by atoms with Gasteiger partial charge in [-0.2, -0.15) is 0 Å². The van der Waals surface area contributed by atoms with Crippen molar-refractivity contribution < 1.29 is 24.4 Å². The van der Waals surface area contributed by atoms with Gasteiger partial charge >= 0.3 is 11.7 Å². The Bertz CT molecular complexity index is 1410. The number of hydrogen-bond acceptors (Lipinski definition) is 7. The molecule has 3 aromatic rings. The first kappa shape index (κ1) is 19.1. The van der Waals surface area contributed by atoms with E-state index in [0.29, 0.717) is 33.7 Å². The van der Waals surface area contributed by atoms with Gasteiger partial charge in [0.25, 0.3) is 5.56 Å². The Balaban J connectivity index is 1.98. The number of pyridine rings is 1. The van der Waals surface area contributed by atoms with Crippen molar-refractivity contribution in [2.24, 2.45) is 0 Å². The third-order valence-electron chi connectivity index (χ3n) is 6.22. The summed E-state index contributed by atoms with van der Waals surface area (Å²) >= 11 is 0. The van der Waals surface area contributed by atoms with Crippen molar-refractivity contribution in [2.75, 3.05) is 0 Å². The zero-order valence-electron chi connectivity index (χ0n) is 16.4. The highest BCUT2D eigenvalue weighted by Crippen LogP contribution is 2.47. The normalized spacial score (nSPS) is 18.8. The van der Waals surface area contributed by atoms with Crippen LogP contribution >= 0.6 is 0 Å². The summed E-state index contributed by atoms with van der Waals surface area (Å²) < 4.78 is 6.22. The van der Waals surface area contributed by atoms with E-state index in [1.807, 2.05) is 0 Å². The molecule has 0 spiro atoms. The van der Waals surface area contributed by atoms with Gasteiger partial charge in [0.15, 0.2) is 11.9 Å². The van der Waals surface area contributed by atoms with Crippen LogP contribution in [0.1, 0.15) is 40.4 Å². The minimum atomic E-state index is -2.31. The first-order valence-corrected chi connectivity index (χ1v) is 9.67. The van der Waals surface area contributed by atoms with E-state index in [4.69, 9.17) is 4.74 Å². The number of carbonyl (C=O) groups is 2. The summed E-state index contributed by atoms with van der Waals surface area (Å²) in [5, 5.41) is 24.6. The SMILES string of the molecule is CCC1(O)C(=O)OCc2c1c([N+](=O)[O-])c1n(c2=O)Cc2c-1cc1ccccc1c2C=O. The smallest absolute Gasteiger partial charge is 0.343 e. The number of cyclic esters (lactones) is 1. The zero-order chi connectivity index (χ0) is 22.1. The van der Waals surface area contributed by atoms with Gasteiger partial charge in [-0.3, -0.25) is 24.3 Å². The van der Waals surface area contributed by atoms with Crippen LogP contribution in [0.5, 0.6) is 0 Å². The Labute approximate surface area is 174 Å². The first-order valence-electron chi connectivity index (χ1n) is 9.67. The topological polar surface area (TPSA) is 129 Å². The van der Waals surface area contributed by atoms with Crippen LogP contribution in [0.3, 0.4) is 0 Å². The lowest BCUT2D eigenvalue weighted by molar-refractivity contribution is -0.386. The number of nitro groups is 1. The number of carbonyl (C=O) groups excluding carboxylic acids is 2. The Morgan fingerprint density at radius 3 is 2.71 bits per heavy atom. The molecule has 2 aromatic carbocycles. The van der Waals surface area contributed by atoms with Crippen molar-refractivity contribution >= 4 is 28.7 Å². The molecular formula is C22H16N2O7. The zero-order valence-corrected chi connectivity index (χ0v) is 16.4. The molecule has 0 saturated heterocycles. The second-order valence-electron chi connectivity index (χ2n) is 7.64. The second-order valence-corrected chi connectivity index (χ2v) is 7.64. The number of aliphatic hydroxyl groups is 1. The second kappa shape index (κ2) is 6.32. The summed E-state index contributed by atoms with van der Waals surface area (Å²) in [5.74, 6) is -1.03. The lowest BCUT2D eigenvalue weighted by atomic mass is 9.84. The number of esters is 1. The van der Waals surface area contributed by atoms with Gasteiger partial charge in [-0.25, -0.2) is 4.79 Å². The van der Waals surface area contributed by atoms with E-state index in [0.717, 1.165) is 0 Å². The van der Waals surface area contributed by atoms with Crippen molar-refractivity contribution in [3.05, 3.63) is 73.1 Å². The molecule has 1 unspecified atom stereocenters. The molecule has 0 fully saturated rings. The van der Waals surface area contributed by atoms with Crippen LogP contribution in [0.4, 0.5) is 5.69 Å². The maximum Gasteiger partial charge on any atom is 0.343 e. The fourth-order valence-electron chi connectivity index (χ4n) is 4.71. The van der Waals surface area contributed by atoms with Crippen molar-refractivity contribution in [1.29, 1.82) is 0 Å². The van der Waals surface area contributed by atoms with E-state index >= 15 is 0 Å². The number of nitrogens with zero attached hydrogens (tertiary/aromatic N) is 2. The van der Waals surface area contributed by atoms with Crippen LogP contribution in [0.15, 0.2) is 35.1 Å². The van der Waals surface area contributed by atoms with Gasteiger partial charge in [-0.15, -0.1) is 0 Å². The predicted molar refractivity (Wildman–Crippen MR) is 109 cm³/mol. The lowest BCUT2D eigenvalue weighted by Gasteiger charge is -2.31. The van der Waals surface area contributed by atoms with Gasteiger partial charge in [-0.1, -0.05) is 31.2 Å². The number of aromatic nitrogens is 1. The fraction of sp³-hybridized carbons (Fsp3) is 0.227. The predicted octanol–water partition coefficient (Wildman–Crippen LogP) is 2.41. The molecular weight excluding hydrogens is 404 g/mol. The Kier molecular flexibility index (Phi) is 3.90. The molecule has 0 saturated carbocycles. The van der Waals surface area contributed by atoms with E-state index < -0.39 is 34.3 Å². The van der Waals surface area contributed by atoms with Crippen molar-refractivity contribution in [1.82, 2.24) is 4.57 Å². The van der Waals surface area contributed by atoms with Crippen molar-refractivity contribution in [3.63, 3.8) is 0 Å². The molecule has 3 heterocycles. The number of benzene rings is 2. The average Bonchev–Trinajstić information content (AvgIpc) is 3.14. The molecule has 156 valence electrons. The summed E-state index contributed by atoms with van der Waals surface area (Å²) in [5.41, 5.74) is -2.66. The summed E-state index contributed by atoms with van der Waals surface area (Å²) in [6.07, 6.45) is 0.478. The van der Waals surface area contributed by atoms with Crippen molar-refractivity contribution in [3.8, 4) is 11.3 Å². The van der Waals surface area contributed by atoms with E-state index in [2.05, 4.69) is 0 Å². The fourth-order valence-corrected chi connectivity index (χ4v) is 4.71. The van der Waals surface area contributed by atoms with E-state index in [1.54, 1.807) is 30.3 Å². The third-order valence-corrected chi connectivity index (χ3v) is 6.22. The maximum absolute atomic E-state index is 13.3. The van der Waals surface area contributed by atoms with Crippen LogP contribution < -0.4 is 5.56 Å². The molecule has 1 N–H and O–H groups in total. The molecule has 9 nitrogen and oxygen atoms in total. The molecule has 1 aromatic heterocycles. The average molecular weight is 420 g/mol. The highest BCUT2D eigenvalue weighted by Gasteiger charge is 2.51. The van der Waals surface area contributed by atoms with E-state index in [1.165, 1.54) is 11.5 Å². The Hall–Kier alpha value is -3.85. The molecule has 0 amide bonds. The van der Waals surface area contributed by atoms with Gasteiger partial charge < -0.3 is 9.84 Å². The Morgan fingerprint density at radius 2 is 2.03 bits per heavy atom. The summed E-state index contributed by atoms with van der Waals surface area (Å²) in [6, 6.07) is 8.79. The quantitative estimate of drug-likeness (QED) is 0.233. The Morgan fingerprint density at radius 1 is 1.29 bits per heavy atom. The minimum absolute atomic E-state index is 0.0146. The maximum atomic E-state index is 13.3. The minimum Gasteiger partial charge on any atom is -0.458 e. The van der Waals surface area contributed by atoms with Gasteiger partial charge in [0.05, 0.1) is 22.6 Å². The number of aldehydes is 1. The van der Waals surface area contributed by atoms with E-state index in [9.17, 15) is 29.6 Å². The van der Waals surface area contributed by atoms with E-state index in [-0.39, 0.29) is 29.8 Å². The van der Waals surface area contributed by atoms with Crippen molar-refractivity contribution in [2.45, 2.75) is 32.1 Å². The van der Waals surface area contributed by atoms with Gasteiger partial charge in [-0.05, 0) is 28.8 Å². The molecule has 0 bridgehead atoms. The molecule has 2 aliphatic heterocycles. The van der Waals surface area contributed by atoms with Crippen LogP contribution in [-0.2, 0) is 28.3 Å². The van der Waals surface area contributed by atoms with Gasteiger partial charge in [0, 0.05) is 11.1 Å². The summed E-state index contributed by atoms with van der Waals surface area (Å²) in [4.78, 5) is 49.2. The molecule has 2 aliphatic rings. The highest BCUT2D eigenvalue weighted by atomic mass is 16.6. The number of ether oxygens (including phenoxy) is 1. The summed E-state index contributed by atoms with van der Waals surface area (Å²) in [7, 11) is 0. The highest BCUT2D eigenvalue weighted by molar-refractivity contribution is 6.04. The number of hydrogen-bond donors (Lipinski definition) is 1. The number of fused-ring (bicyclic) bond motifs is 5. The number of rotatable bonds is 3. The lowest BCUT2D eigenvalue weighted by Crippen LogP contribution is -2.45. The molecule has 5 rings (SSSR count). The molecule has 1 atom stereocenters. The largest absolute Gasteiger partial charge is 0.458 e. The third kappa shape index (κ3) is 2.32. The monoisotopic (exact) mass is 420 g/mol. The van der Waals surface area contributed by atoms with Crippen LogP contribution in [0, 0.1) is 10.1 Å². The van der Waals surface area contributed by atoms with Crippen LogP contribution in [0.25, 0.3) is 22.0 Å². The standard InChI is InChI=1S/C22H16N2O7/c1-2-22(28)17-16(10-31-21(22)27)20(26)23-8-14-13(18(23)19(17)24(29)30)7-11-5-3-4-6-12(11)15(14)9-25/h3-7,9,28H,2,8,10H2,1H3. The molecule has 9 heteroatoms. The first-order chi connectivity index (χ1) is 14.8. The van der Waals surface area contributed by atoms with Gasteiger partial charge in [0.2, 0.25) is 0 Å². The van der Waals surface area contributed by atoms with Crippen LogP contribution in [-0.4, -0.2) is 26.9 Å². The molecule has 31 heavy (non-hydrogen) atoms. The molecule has 0 radical (unpaired) electrons. The van der Waals surface area contributed by atoms with Gasteiger partial charge in [0.1, 0.15) is 12.3 Å². The van der Waals surface area contributed by atoms with Crippen LogP contribution in [0.2, 0.25) is 0 Å². The summed E-state index contributed by atoms with van der Waals surface area (Å²) in [6.45, 7) is 0.987. The molecule has 0 aliphatic carbocycles.